The second-order valence-corrected chi connectivity index (χ2v) is 15.5. The molecule has 0 saturated carbocycles. The van der Waals surface area contributed by atoms with Crippen molar-refractivity contribution >= 4 is 57.4 Å². The Morgan fingerprint density at radius 3 is 1.31 bits per heavy atom. The first-order valence-electron chi connectivity index (χ1n) is 12.7. The molecule has 0 heterocycles. The second kappa shape index (κ2) is 9.76. The molecular weight excluding hydrogens is 527 g/mol. The Morgan fingerprint density at radius 1 is 0.436 bits per heavy atom. The molecule has 0 spiro atoms. The van der Waals surface area contributed by atoms with Gasteiger partial charge in [-0.15, -0.1) is 0 Å². The van der Waals surface area contributed by atoms with Gasteiger partial charge in [-0.2, -0.15) is 0 Å². The average molecular weight is 554 g/mol. The van der Waals surface area contributed by atoms with Crippen molar-refractivity contribution in [1.82, 2.24) is 0 Å². The standard InChI is InChI=1S/C34H26F3P2/c35-38(28-17-5-1-6-18-28,29-19-7-2-8-20-29)32-25-13-15-27-16-14-26-33(34(27)32)39(36,37,30-21-9-3-10-22-30)31-23-11-4-12-24-31/h1-26H/q+1. The SMILES string of the molecule is F[P+](c1ccccc1)(c1ccccc1)c1cccc2cccc(P(F)(F)(c3ccccc3)c3ccccc3)c12. The molecule has 0 radical (unpaired) electrons. The number of hydrogen-bond acceptors (Lipinski definition) is 0. The zero-order chi connectivity index (χ0) is 27.0. The molecular formula is C34H26F3P2+. The van der Waals surface area contributed by atoms with Crippen molar-refractivity contribution in [2.75, 3.05) is 0 Å². The Labute approximate surface area is 227 Å². The van der Waals surface area contributed by atoms with Crippen LogP contribution in [0.1, 0.15) is 0 Å². The summed E-state index contributed by atoms with van der Waals surface area (Å²) in [6, 6.07) is 44.2. The topological polar surface area (TPSA) is 0 Å². The van der Waals surface area contributed by atoms with E-state index in [1.165, 1.54) is 30.3 Å². The van der Waals surface area contributed by atoms with E-state index in [1.54, 1.807) is 115 Å². The third-order valence-electron chi connectivity index (χ3n) is 7.26. The van der Waals surface area contributed by atoms with E-state index in [4.69, 9.17) is 0 Å². The van der Waals surface area contributed by atoms with Crippen LogP contribution in [0.4, 0.5) is 12.6 Å². The van der Waals surface area contributed by atoms with Gasteiger partial charge >= 0.3 is 228 Å². The van der Waals surface area contributed by atoms with Crippen LogP contribution < -0.4 is 31.8 Å². The molecule has 0 fully saturated rings. The van der Waals surface area contributed by atoms with Gasteiger partial charge in [-0.25, -0.2) is 0 Å². The Morgan fingerprint density at radius 2 is 0.846 bits per heavy atom. The van der Waals surface area contributed by atoms with E-state index in [9.17, 15) is 0 Å². The van der Waals surface area contributed by atoms with E-state index in [1.807, 2.05) is 12.1 Å². The average Bonchev–Trinajstić information content (AvgIpc) is 3.02. The molecule has 0 N–H and O–H groups in total. The van der Waals surface area contributed by atoms with E-state index in [-0.39, 0.29) is 15.9 Å². The quantitative estimate of drug-likeness (QED) is 0.186. The van der Waals surface area contributed by atoms with Crippen molar-refractivity contribution in [3.63, 3.8) is 0 Å². The molecule has 0 nitrogen and oxygen atoms in total. The fraction of sp³-hybridized carbons (Fsp3) is 0. The summed E-state index contributed by atoms with van der Waals surface area (Å²) in [5.74, 6) is 0. The molecule has 0 bridgehead atoms. The van der Waals surface area contributed by atoms with Crippen LogP contribution >= 0.6 is 14.8 Å². The molecule has 0 unspecified atom stereocenters. The molecule has 0 aromatic heterocycles. The summed E-state index contributed by atoms with van der Waals surface area (Å²) < 4.78 is 54.4. The number of hydrogen-bond donors (Lipinski definition) is 0. The fourth-order valence-electron chi connectivity index (χ4n) is 5.39. The zero-order valence-corrected chi connectivity index (χ0v) is 22.8. The summed E-state index contributed by atoms with van der Waals surface area (Å²) in [6.07, 6.45) is 0. The molecule has 6 rings (SSSR count). The first kappa shape index (κ1) is 25.5. The first-order chi connectivity index (χ1) is 18.9. The van der Waals surface area contributed by atoms with Crippen LogP contribution in [0.15, 0.2) is 158 Å². The Kier molecular flexibility index (Phi) is 6.38. The number of benzene rings is 6. The van der Waals surface area contributed by atoms with Crippen molar-refractivity contribution in [1.29, 1.82) is 0 Å². The summed E-state index contributed by atoms with van der Waals surface area (Å²) in [7, 11) is -9.82. The molecule has 192 valence electrons. The Bertz CT molecular complexity index is 1650. The first-order valence-corrected chi connectivity index (χ1v) is 16.4. The van der Waals surface area contributed by atoms with Crippen molar-refractivity contribution in [2.45, 2.75) is 0 Å². The molecule has 0 saturated heterocycles. The fourth-order valence-corrected chi connectivity index (χ4v) is 11.6. The van der Waals surface area contributed by atoms with Gasteiger partial charge in [0, 0.05) is 0 Å². The van der Waals surface area contributed by atoms with Crippen LogP contribution in [-0.2, 0) is 0 Å². The predicted octanol–water partition coefficient (Wildman–Crippen LogP) is 7.62. The number of halogens is 3. The van der Waals surface area contributed by atoms with Crippen molar-refractivity contribution in [3.05, 3.63) is 158 Å². The Balaban J connectivity index is 1.78. The molecule has 6 aromatic rings. The normalized spacial score (nSPS) is 13.1. The molecule has 6 aromatic carbocycles. The van der Waals surface area contributed by atoms with Crippen molar-refractivity contribution < 1.29 is 12.6 Å². The summed E-state index contributed by atoms with van der Waals surface area (Å²) in [5.41, 5.74) is 0. The van der Waals surface area contributed by atoms with E-state index in [0.29, 0.717) is 26.7 Å². The third kappa shape index (κ3) is 4.00. The van der Waals surface area contributed by atoms with Crippen molar-refractivity contribution in [3.8, 4) is 0 Å². The van der Waals surface area contributed by atoms with Crippen LogP contribution in [0.3, 0.4) is 0 Å². The van der Waals surface area contributed by atoms with E-state index in [2.05, 4.69) is 0 Å². The van der Waals surface area contributed by atoms with Gasteiger partial charge in [-0.05, 0) is 0 Å². The van der Waals surface area contributed by atoms with Gasteiger partial charge in [0.25, 0.3) is 0 Å². The van der Waals surface area contributed by atoms with Gasteiger partial charge in [0.05, 0.1) is 0 Å². The summed E-state index contributed by atoms with van der Waals surface area (Å²) in [4.78, 5) is 0. The van der Waals surface area contributed by atoms with E-state index in [0.717, 1.165) is 0 Å². The Hall–Kier alpha value is -3.77. The summed E-state index contributed by atoms with van der Waals surface area (Å²) in [6.45, 7) is 0. The summed E-state index contributed by atoms with van der Waals surface area (Å²) in [5, 5.41) is 1.99. The van der Waals surface area contributed by atoms with Gasteiger partial charge in [-0.1, -0.05) is 0 Å². The second-order valence-electron chi connectivity index (χ2n) is 9.49. The monoisotopic (exact) mass is 553 g/mol. The van der Waals surface area contributed by atoms with E-state index < -0.39 is 14.8 Å². The van der Waals surface area contributed by atoms with Gasteiger partial charge in [0.1, 0.15) is 0 Å². The van der Waals surface area contributed by atoms with Gasteiger partial charge in [0.15, 0.2) is 0 Å². The zero-order valence-electron chi connectivity index (χ0n) is 21.0. The summed E-state index contributed by atoms with van der Waals surface area (Å²) >= 11 is 0. The maximum absolute atomic E-state index is 18.1. The molecule has 5 heteroatoms. The van der Waals surface area contributed by atoms with Crippen LogP contribution in [0.2, 0.25) is 0 Å². The maximum atomic E-state index is 18.1. The molecule has 0 atom stereocenters. The van der Waals surface area contributed by atoms with Crippen LogP contribution in [0.5, 0.6) is 0 Å². The molecule has 0 aliphatic rings. The van der Waals surface area contributed by atoms with Gasteiger partial charge in [-0.3, -0.25) is 0 Å². The van der Waals surface area contributed by atoms with Gasteiger partial charge in [0.2, 0.25) is 0 Å². The molecule has 0 amide bonds. The minimum atomic E-state index is -6.02. The molecule has 39 heavy (non-hydrogen) atoms. The van der Waals surface area contributed by atoms with Crippen LogP contribution in [0, 0.1) is 0 Å². The van der Waals surface area contributed by atoms with Crippen LogP contribution in [0.25, 0.3) is 10.8 Å². The molecule has 0 aliphatic carbocycles. The predicted molar refractivity (Wildman–Crippen MR) is 165 cm³/mol. The van der Waals surface area contributed by atoms with Crippen LogP contribution in [-0.4, -0.2) is 0 Å². The molecule has 0 aliphatic heterocycles. The third-order valence-corrected chi connectivity index (χ3v) is 13.9. The number of rotatable bonds is 6. The minimum absolute atomic E-state index is 0.0424. The van der Waals surface area contributed by atoms with Crippen molar-refractivity contribution in [2.24, 2.45) is 0 Å². The number of fused-ring (bicyclic) bond motifs is 1. The van der Waals surface area contributed by atoms with E-state index >= 15 is 12.6 Å². The van der Waals surface area contributed by atoms with Gasteiger partial charge < -0.3 is 0 Å².